The standard InChI is InChI=1S/C26H28N2O3/c1-16-13-17(2)25(18(3)14-16)28-23(29)15-31-26(30)24-19-9-5-4-6-11-21(19)27-22-12-8-7-10-20(22)24/h7-8,10,12-14H,4-6,9,11,15H2,1-3H3,(H,28,29). The second-order valence-corrected chi connectivity index (χ2v) is 8.39. The fraction of sp³-hybridized carbons (Fsp3) is 0.346. The molecular formula is C26H28N2O3. The summed E-state index contributed by atoms with van der Waals surface area (Å²) in [4.78, 5) is 30.5. The summed E-state index contributed by atoms with van der Waals surface area (Å²) >= 11 is 0. The normalized spacial score (nSPS) is 13.4. The number of ether oxygens (including phenoxy) is 1. The summed E-state index contributed by atoms with van der Waals surface area (Å²) < 4.78 is 5.50. The SMILES string of the molecule is Cc1cc(C)c(NC(=O)COC(=O)c2c3c(nc4ccccc24)CCCCC3)c(C)c1. The number of carbonyl (C=O) groups is 2. The van der Waals surface area contributed by atoms with Gasteiger partial charge >= 0.3 is 5.97 Å². The number of fused-ring (bicyclic) bond motifs is 2. The topological polar surface area (TPSA) is 68.3 Å². The molecule has 1 aromatic heterocycles. The predicted octanol–water partition coefficient (Wildman–Crippen LogP) is 5.22. The number of benzene rings is 2. The van der Waals surface area contributed by atoms with Gasteiger partial charge in [0, 0.05) is 16.8 Å². The number of hydrogen-bond acceptors (Lipinski definition) is 4. The van der Waals surface area contributed by atoms with Crippen molar-refractivity contribution in [2.24, 2.45) is 0 Å². The second-order valence-electron chi connectivity index (χ2n) is 8.39. The zero-order valence-electron chi connectivity index (χ0n) is 18.4. The third-order valence-corrected chi connectivity index (χ3v) is 5.90. The average Bonchev–Trinajstić information content (AvgIpc) is 2.98. The van der Waals surface area contributed by atoms with E-state index >= 15 is 0 Å². The fourth-order valence-corrected chi connectivity index (χ4v) is 4.54. The number of aromatic nitrogens is 1. The van der Waals surface area contributed by atoms with Crippen LogP contribution < -0.4 is 5.32 Å². The molecule has 1 amide bonds. The molecule has 0 saturated heterocycles. The first kappa shape index (κ1) is 21.0. The summed E-state index contributed by atoms with van der Waals surface area (Å²) in [6.07, 6.45) is 4.90. The lowest BCUT2D eigenvalue weighted by atomic mass is 9.97. The summed E-state index contributed by atoms with van der Waals surface area (Å²) in [5, 5.41) is 3.68. The lowest BCUT2D eigenvalue weighted by molar-refractivity contribution is -0.119. The van der Waals surface area contributed by atoms with Gasteiger partial charge in [0.05, 0.1) is 11.1 Å². The Labute approximate surface area is 182 Å². The monoisotopic (exact) mass is 416 g/mol. The molecule has 0 saturated carbocycles. The van der Waals surface area contributed by atoms with Crippen LogP contribution in [0.25, 0.3) is 10.9 Å². The van der Waals surface area contributed by atoms with Crippen LogP contribution in [0.1, 0.15) is 57.6 Å². The summed E-state index contributed by atoms with van der Waals surface area (Å²) in [5.74, 6) is -0.794. The first-order valence-corrected chi connectivity index (χ1v) is 10.9. The maximum atomic E-state index is 13.1. The van der Waals surface area contributed by atoms with Crippen molar-refractivity contribution in [3.8, 4) is 0 Å². The quantitative estimate of drug-likeness (QED) is 0.467. The van der Waals surface area contributed by atoms with E-state index in [2.05, 4.69) is 5.32 Å². The van der Waals surface area contributed by atoms with Gasteiger partial charge in [-0.3, -0.25) is 9.78 Å². The number of hydrogen-bond donors (Lipinski definition) is 1. The molecule has 31 heavy (non-hydrogen) atoms. The Balaban J connectivity index is 1.56. The lowest BCUT2D eigenvalue weighted by Gasteiger charge is -2.16. The van der Waals surface area contributed by atoms with E-state index in [1.807, 2.05) is 57.2 Å². The summed E-state index contributed by atoms with van der Waals surface area (Å²) in [6.45, 7) is 5.62. The molecule has 4 rings (SSSR count). The van der Waals surface area contributed by atoms with Crippen LogP contribution in [-0.2, 0) is 22.4 Å². The Hall–Kier alpha value is -3.21. The third kappa shape index (κ3) is 4.46. The molecule has 0 spiro atoms. The first-order chi connectivity index (χ1) is 14.9. The minimum atomic E-state index is -0.454. The molecule has 1 heterocycles. The van der Waals surface area contributed by atoms with Crippen LogP contribution in [0.4, 0.5) is 5.69 Å². The van der Waals surface area contributed by atoms with Gasteiger partial charge in [-0.05, 0) is 69.2 Å². The molecule has 1 aliphatic carbocycles. The highest BCUT2D eigenvalue weighted by Gasteiger charge is 2.23. The van der Waals surface area contributed by atoms with E-state index in [0.29, 0.717) is 5.56 Å². The highest BCUT2D eigenvalue weighted by Crippen LogP contribution is 2.29. The molecule has 0 atom stereocenters. The number of aryl methyl sites for hydroxylation is 4. The van der Waals surface area contributed by atoms with Crippen LogP contribution in [0.3, 0.4) is 0 Å². The Morgan fingerprint density at radius 2 is 1.71 bits per heavy atom. The largest absolute Gasteiger partial charge is 0.452 e. The van der Waals surface area contributed by atoms with Crippen molar-refractivity contribution in [2.45, 2.75) is 52.9 Å². The Morgan fingerprint density at radius 3 is 2.48 bits per heavy atom. The molecule has 0 radical (unpaired) electrons. The highest BCUT2D eigenvalue weighted by molar-refractivity contribution is 6.06. The molecule has 0 aliphatic heterocycles. The van der Waals surface area contributed by atoms with Gasteiger partial charge < -0.3 is 10.1 Å². The second kappa shape index (κ2) is 8.88. The van der Waals surface area contributed by atoms with E-state index in [9.17, 15) is 9.59 Å². The number of anilines is 1. The first-order valence-electron chi connectivity index (χ1n) is 10.9. The van der Waals surface area contributed by atoms with Crippen LogP contribution in [0, 0.1) is 20.8 Å². The molecular weight excluding hydrogens is 388 g/mol. The van der Waals surface area contributed by atoms with Crippen molar-refractivity contribution in [3.05, 3.63) is 69.9 Å². The summed E-state index contributed by atoms with van der Waals surface area (Å²) in [5.41, 5.74) is 7.22. The number of rotatable bonds is 4. The number of amides is 1. The van der Waals surface area contributed by atoms with Crippen molar-refractivity contribution in [1.29, 1.82) is 0 Å². The van der Waals surface area contributed by atoms with Gasteiger partial charge in [-0.2, -0.15) is 0 Å². The summed E-state index contributed by atoms with van der Waals surface area (Å²) in [6, 6.07) is 11.7. The van der Waals surface area contributed by atoms with Gasteiger partial charge in [0.1, 0.15) is 0 Å². The fourth-order valence-electron chi connectivity index (χ4n) is 4.54. The molecule has 3 aromatic rings. The van der Waals surface area contributed by atoms with E-state index < -0.39 is 5.97 Å². The van der Waals surface area contributed by atoms with Gasteiger partial charge in [-0.25, -0.2) is 4.79 Å². The third-order valence-electron chi connectivity index (χ3n) is 5.90. The van der Waals surface area contributed by atoms with Gasteiger partial charge in [0.2, 0.25) is 0 Å². The maximum absolute atomic E-state index is 13.1. The van der Waals surface area contributed by atoms with E-state index in [1.54, 1.807) is 0 Å². The molecule has 1 aliphatic rings. The minimum absolute atomic E-state index is 0.322. The molecule has 160 valence electrons. The van der Waals surface area contributed by atoms with Crippen molar-refractivity contribution >= 4 is 28.5 Å². The Morgan fingerprint density at radius 1 is 1.00 bits per heavy atom. The zero-order chi connectivity index (χ0) is 22.0. The number of nitrogens with zero attached hydrogens (tertiary/aromatic N) is 1. The highest BCUT2D eigenvalue weighted by atomic mass is 16.5. The van der Waals surface area contributed by atoms with Crippen LogP contribution in [0.2, 0.25) is 0 Å². The number of esters is 1. The van der Waals surface area contributed by atoms with Crippen molar-refractivity contribution < 1.29 is 14.3 Å². The molecule has 0 fully saturated rings. The van der Waals surface area contributed by atoms with E-state index in [1.165, 1.54) is 0 Å². The number of nitrogens with one attached hydrogen (secondary N) is 1. The molecule has 0 bridgehead atoms. The van der Waals surface area contributed by atoms with Crippen LogP contribution in [0.5, 0.6) is 0 Å². The van der Waals surface area contributed by atoms with Gasteiger partial charge in [-0.15, -0.1) is 0 Å². The molecule has 1 N–H and O–H groups in total. The van der Waals surface area contributed by atoms with Gasteiger partial charge in [0.25, 0.3) is 5.91 Å². The summed E-state index contributed by atoms with van der Waals surface area (Å²) in [7, 11) is 0. The van der Waals surface area contributed by atoms with Crippen molar-refractivity contribution in [2.75, 3.05) is 11.9 Å². The van der Waals surface area contributed by atoms with Gasteiger partial charge in [-0.1, -0.05) is 42.3 Å². The lowest BCUT2D eigenvalue weighted by Crippen LogP contribution is -2.23. The number of para-hydroxylation sites is 1. The predicted molar refractivity (Wildman–Crippen MR) is 123 cm³/mol. The number of pyridine rings is 1. The molecule has 0 unspecified atom stereocenters. The molecule has 2 aromatic carbocycles. The Bertz CT molecular complexity index is 1140. The van der Waals surface area contributed by atoms with Crippen LogP contribution in [0.15, 0.2) is 36.4 Å². The average molecular weight is 417 g/mol. The van der Waals surface area contributed by atoms with Crippen molar-refractivity contribution in [1.82, 2.24) is 4.98 Å². The van der Waals surface area contributed by atoms with Crippen molar-refractivity contribution in [3.63, 3.8) is 0 Å². The molecule has 5 nitrogen and oxygen atoms in total. The smallest absolute Gasteiger partial charge is 0.339 e. The van der Waals surface area contributed by atoms with Gasteiger partial charge in [0.15, 0.2) is 6.61 Å². The minimum Gasteiger partial charge on any atom is -0.452 e. The van der Waals surface area contributed by atoms with E-state index in [-0.39, 0.29) is 12.5 Å². The van der Waals surface area contributed by atoms with E-state index in [0.717, 1.165) is 76.6 Å². The zero-order valence-corrected chi connectivity index (χ0v) is 18.4. The van der Waals surface area contributed by atoms with E-state index in [4.69, 9.17) is 9.72 Å². The molecule has 5 heteroatoms. The Kier molecular flexibility index (Phi) is 6.03. The maximum Gasteiger partial charge on any atom is 0.339 e. The van der Waals surface area contributed by atoms with Crippen LogP contribution >= 0.6 is 0 Å². The number of carbonyl (C=O) groups excluding carboxylic acids is 2. The van der Waals surface area contributed by atoms with Crippen LogP contribution in [-0.4, -0.2) is 23.5 Å².